The largest absolute Gasteiger partial charge is 0.494 e. The lowest BCUT2D eigenvalue weighted by molar-refractivity contribution is 0.102. The minimum absolute atomic E-state index is 0.0273. The van der Waals surface area contributed by atoms with Gasteiger partial charge in [0.05, 0.1) is 30.8 Å². The summed E-state index contributed by atoms with van der Waals surface area (Å²) in [5.41, 5.74) is 1.55. The molecule has 1 saturated heterocycles. The van der Waals surface area contributed by atoms with Crippen LogP contribution in [0.25, 0.3) is 16.6 Å². The SMILES string of the molecule is COCCOc1cc2cn(-c3csc(C(=O)Nc4cnccc4N4CCNCC4)n3)c(O)c2cc1OCCOC. The van der Waals surface area contributed by atoms with Crippen LogP contribution in [0.2, 0.25) is 0 Å². The van der Waals surface area contributed by atoms with Crippen molar-refractivity contribution in [3.05, 3.63) is 47.2 Å². The van der Waals surface area contributed by atoms with Gasteiger partial charge in [-0.1, -0.05) is 0 Å². The highest BCUT2D eigenvalue weighted by molar-refractivity contribution is 7.12. The quantitative estimate of drug-likeness (QED) is 0.219. The number of hydrogen-bond donors (Lipinski definition) is 3. The van der Waals surface area contributed by atoms with Gasteiger partial charge in [-0.3, -0.25) is 14.3 Å². The predicted octanol–water partition coefficient (Wildman–Crippen LogP) is 2.90. The summed E-state index contributed by atoms with van der Waals surface area (Å²) in [6.45, 7) is 4.92. The second kappa shape index (κ2) is 13.0. The van der Waals surface area contributed by atoms with Crippen molar-refractivity contribution in [1.29, 1.82) is 0 Å². The fourth-order valence-corrected chi connectivity index (χ4v) is 5.08. The molecule has 1 fully saturated rings. The van der Waals surface area contributed by atoms with Crippen molar-refractivity contribution in [1.82, 2.24) is 19.9 Å². The van der Waals surface area contributed by atoms with Crippen LogP contribution in [0.4, 0.5) is 11.4 Å². The number of methoxy groups -OCH3 is 2. The number of aromatic hydroxyl groups is 1. The number of hydrogen-bond acceptors (Lipinski definition) is 11. The van der Waals surface area contributed by atoms with Crippen molar-refractivity contribution >= 4 is 39.4 Å². The van der Waals surface area contributed by atoms with E-state index >= 15 is 0 Å². The van der Waals surface area contributed by atoms with Gasteiger partial charge >= 0.3 is 0 Å². The Morgan fingerprint density at radius 2 is 1.82 bits per heavy atom. The predicted molar refractivity (Wildman–Crippen MR) is 153 cm³/mol. The lowest BCUT2D eigenvalue weighted by Crippen LogP contribution is -2.43. The van der Waals surface area contributed by atoms with E-state index in [-0.39, 0.29) is 16.8 Å². The molecule has 0 unspecified atom stereocenters. The summed E-state index contributed by atoms with van der Waals surface area (Å²) >= 11 is 1.19. The Hall–Kier alpha value is -3.91. The third-order valence-electron chi connectivity index (χ3n) is 6.38. The first-order chi connectivity index (χ1) is 19.6. The molecule has 5 rings (SSSR count). The van der Waals surface area contributed by atoms with Crippen molar-refractivity contribution in [2.75, 3.05) is 77.0 Å². The van der Waals surface area contributed by atoms with Crippen LogP contribution >= 0.6 is 11.3 Å². The maximum absolute atomic E-state index is 13.1. The third-order valence-corrected chi connectivity index (χ3v) is 7.21. The molecule has 3 aromatic heterocycles. The number of fused-ring (bicyclic) bond motifs is 1. The van der Waals surface area contributed by atoms with Gasteiger partial charge in [0.25, 0.3) is 5.91 Å². The molecule has 1 aliphatic rings. The standard InChI is InChI=1S/C27H32N6O6S/c1-36-9-11-38-22-13-18-16-33(27(35)19(18)14-23(22)39-12-10-37-2)24-17-40-26(31-24)25(34)30-20-15-29-4-3-21(20)32-7-5-28-6-8-32/h3-4,13-17,28,35H,5-12H2,1-2H3,(H,30,34). The maximum Gasteiger partial charge on any atom is 0.284 e. The van der Waals surface area contributed by atoms with Crippen LogP contribution < -0.4 is 25.0 Å². The average Bonchev–Trinajstić information content (AvgIpc) is 3.59. The monoisotopic (exact) mass is 568 g/mol. The lowest BCUT2D eigenvalue weighted by Gasteiger charge is -2.30. The van der Waals surface area contributed by atoms with Crippen molar-refractivity contribution in [3.63, 3.8) is 0 Å². The highest BCUT2D eigenvalue weighted by atomic mass is 32.1. The van der Waals surface area contributed by atoms with Crippen molar-refractivity contribution in [3.8, 4) is 23.2 Å². The number of carbonyl (C=O) groups excluding carboxylic acids is 1. The molecule has 4 heterocycles. The molecule has 0 bridgehead atoms. The molecule has 1 aromatic carbocycles. The Kier molecular flexibility index (Phi) is 8.96. The van der Waals surface area contributed by atoms with Crippen LogP contribution in [0.3, 0.4) is 0 Å². The van der Waals surface area contributed by atoms with E-state index in [1.54, 1.807) is 50.3 Å². The number of nitrogens with one attached hydrogen (secondary N) is 2. The Balaban J connectivity index is 1.38. The van der Waals surface area contributed by atoms with Gasteiger partial charge < -0.3 is 39.6 Å². The number of rotatable bonds is 12. The molecule has 212 valence electrons. The van der Waals surface area contributed by atoms with Crippen LogP contribution in [0.5, 0.6) is 17.4 Å². The molecule has 12 nitrogen and oxygen atoms in total. The molecule has 0 saturated carbocycles. The van der Waals surface area contributed by atoms with Crippen molar-refractivity contribution < 1.29 is 28.8 Å². The summed E-state index contributed by atoms with van der Waals surface area (Å²) in [6, 6.07) is 5.42. The number of carbonyl (C=O) groups is 1. The normalized spacial score (nSPS) is 13.5. The van der Waals surface area contributed by atoms with E-state index in [9.17, 15) is 9.90 Å². The zero-order valence-corrected chi connectivity index (χ0v) is 23.2. The number of benzene rings is 1. The summed E-state index contributed by atoms with van der Waals surface area (Å²) < 4.78 is 23.4. The number of nitrogens with zero attached hydrogens (tertiary/aromatic N) is 4. The second-order valence-electron chi connectivity index (χ2n) is 8.99. The molecule has 40 heavy (non-hydrogen) atoms. The molecule has 1 aliphatic heterocycles. The van der Waals surface area contributed by atoms with Crippen LogP contribution in [0, 0.1) is 0 Å². The van der Waals surface area contributed by atoms with Gasteiger partial charge in [0.1, 0.15) is 13.2 Å². The molecule has 0 aliphatic carbocycles. The third kappa shape index (κ3) is 6.12. The second-order valence-corrected chi connectivity index (χ2v) is 9.84. The molecular formula is C27H32N6O6S. The molecular weight excluding hydrogens is 536 g/mol. The van der Waals surface area contributed by atoms with Crippen LogP contribution in [0.15, 0.2) is 42.2 Å². The van der Waals surface area contributed by atoms with Gasteiger partial charge in [0, 0.05) is 68.9 Å². The number of ether oxygens (including phenoxy) is 4. The topological polar surface area (TPSA) is 132 Å². The minimum atomic E-state index is -0.348. The summed E-state index contributed by atoms with van der Waals surface area (Å²) in [5.74, 6) is 1.04. The van der Waals surface area contributed by atoms with E-state index < -0.39 is 0 Å². The Bertz CT molecular complexity index is 1450. The minimum Gasteiger partial charge on any atom is -0.494 e. The maximum atomic E-state index is 13.1. The van der Waals surface area contributed by atoms with Crippen molar-refractivity contribution in [2.24, 2.45) is 0 Å². The summed E-state index contributed by atoms with van der Waals surface area (Å²) in [5, 5.41) is 20.6. The molecule has 1 amide bonds. The molecule has 3 N–H and O–H groups in total. The Labute approximate surface area is 235 Å². The fraction of sp³-hybridized carbons (Fsp3) is 0.370. The number of pyridine rings is 1. The summed E-state index contributed by atoms with van der Waals surface area (Å²) in [4.78, 5) is 24.1. The molecule has 4 aromatic rings. The number of anilines is 2. The van der Waals surface area contributed by atoms with E-state index in [0.29, 0.717) is 54.8 Å². The summed E-state index contributed by atoms with van der Waals surface area (Å²) in [6.07, 6.45) is 5.11. The molecule has 0 spiro atoms. The molecule has 13 heteroatoms. The van der Waals surface area contributed by atoms with Crippen LogP contribution in [-0.2, 0) is 9.47 Å². The number of piperazine rings is 1. The van der Waals surface area contributed by atoms with Gasteiger partial charge in [0.2, 0.25) is 5.88 Å². The van der Waals surface area contributed by atoms with E-state index in [1.807, 2.05) is 6.07 Å². The number of aromatic nitrogens is 3. The van der Waals surface area contributed by atoms with Gasteiger partial charge in [-0.2, -0.15) is 0 Å². The first-order valence-electron chi connectivity index (χ1n) is 12.9. The van der Waals surface area contributed by atoms with Gasteiger partial charge in [-0.25, -0.2) is 4.98 Å². The smallest absolute Gasteiger partial charge is 0.284 e. The molecule has 0 radical (unpaired) electrons. The highest BCUT2D eigenvalue weighted by Gasteiger charge is 2.20. The molecule has 0 atom stereocenters. The van der Waals surface area contributed by atoms with E-state index in [4.69, 9.17) is 18.9 Å². The Morgan fingerprint density at radius 1 is 1.10 bits per heavy atom. The van der Waals surface area contributed by atoms with Gasteiger partial charge in [-0.15, -0.1) is 11.3 Å². The summed E-state index contributed by atoms with van der Waals surface area (Å²) in [7, 11) is 3.20. The van der Waals surface area contributed by atoms with Crippen LogP contribution in [0.1, 0.15) is 9.80 Å². The zero-order valence-electron chi connectivity index (χ0n) is 22.4. The van der Waals surface area contributed by atoms with Gasteiger partial charge in [-0.05, 0) is 18.2 Å². The van der Waals surface area contributed by atoms with Gasteiger partial charge in [0.15, 0.2) is 22.3 Å². The first-order valence-corrected chi connectivity index (χ1v) is 13.8. The highest BCUT2D eigenvalue weighted by Crippen LogP contribution is 2.39. The first kappa shape index (κ1) is 27.6. The zero-order chi connectivity index (χ0) is 27.9. The fourth-order valence-electron chi connectivity index (χ4n) is 4.40. The lowest BCUT2D eigenvalue weighted by atomic mass is 10.2. The van der Waals surface area contributed by atoms with Crippen molar-refractivity contribution in [2.45, 2.75) is 0 Å². The Morgan fingerprint density at radius 3 is 2.55 bits per heavy atom. The van der Waals surface area contributed by atoms with E-state index in [1.165, 1.54) is 15.9 Å². The number of thiazole rings is 1. The average molecular weight is 569 g/mol. The van der Waals surface area contributed by atoms with E-state index in [0.717, 1.165) is 37.3 Å². The van der Waals surface area contributed by atoms with Crippen LogP contribution in [-0.4, -0.2) is 92.4 Å². The van der Waals surface area contributed by atoms with E-state index in [2.05, 4.69) is 25.5 Å². The number of amides is 1.